The summed E-state index contributed by atoms with van der Waals surface area (Å²) in [6.07, 6.45) is 4.75. The fraction of sp³-hybridized carbons (Fsp3) is 0.385. The zero-order valence-electron chi connectivity index (χ0n) is 20.1. The number of ether oxygens (including phenoxy) is 1. The molecule has 7 nitrogen and oxygen atoms in total. The van der Waals surface area contributed by atoms with Gasteiger partial charge in [0.25, 0.3) is 0 Å². The van der Waals surface area contributed by atoms with Gasteiger partial charge in [0, 0.05) is 70.3 Å². The monoisotopic (exact) mass is 574 g/mol. The van der Waals surface area contributed by atoms with Crippen LogP contribution in [0.2, 0.25) is 0 Å². The summed E-state index contributed by atoms with van der Waals surface area (Å²) in [5.41, 5.74) is 2.52. The van der Waals surface area contributed by atoms with Gasteiger partial charge < -0.3 is 24.4 Å². The van der Waals surface area contributed by atoms with E-state index in [1.165, 1.54) is 11.3 Å². The number of guanidine groups is 1. The summed E-state index contributed by atoms with van der Waals surface area (Å²) in [6, 6.07) is 18.8. The number of anilines is 1. The van der Waals surface area contributed by atoms with Gasteiger partial charge in [-0.2, -0.15) is 0 Å². The highest BCUT2D eigenvalue weighted by Gasteiger charge is 2.20. The second-order valence-electron chi connectivity index (χ2n) is 8.11. The number of nitrogens with one attached hydrogen (secondary N) is 1. The molecule has 1 N–H and O–H groups in total. The van der Waals surface area contributed by atoms with Gasteiger partial charge in [0.2, 0.25) is 0 Å². The molecule has 0 bridgehead atoms. The zero-order chi connectivity index (χ0) is 22.9. The Morgan fingerprint density at radius 1 is 1.03 bits per heavy atom. The average Bonchev–Trinajstić information content (AvgIpc) is 3.31. The first-order valence-electron chi connectivity index (χ1n) is 11.7. The van der Waals surface area contributed by atoms with Gasteiger partial charge in [0.1, 0.15) is 11.6 Å². The van der Waals surface area contributed by atoms with E-state index in [9.17, 15) is 0 Å². The molecule has 8 heteroatoms. The molecule has 0 aliphatic carbocycles. The Bertz CT molecular complexity index is 1010. The molecule has 1 fully saturated rings. The summed E-state index contributed by atoms with van der Waals surface area (Å²) in [6.45, 7) is 8.37. The molecule has 34 heavy (non-hydrogen) atoms. The number of benzene rings is 2. The number of piperazine rings is 1. The molecule has 2 heterocycles. The molecular formula is C26H35IN6O. The number of aliphatic imine (C=N–C) groups is 1. The van der Waals surface area contributed by atoms with Gasteiger partial charge in [0.15, 0.2) is 5.96 Å². The predicted octanol–water partition coefficient (Wildman–Crippen LogP) is 3.89. The van der Waals surface area contributed by atoms with Crippen LogP contribution in [-0.4, -0.2) is 66.8 Å². The fourth-order valence-corrected chi connectivity index (χ4v) is 4.15. The maximum Gasteiger partial charge on any atom is 0.194 e. The maximum absolute atomic E-state index is 5.28. The Morgan fingerprint density at radius 3 is 2.44 bits per heavy atom. The molecule has 3 aromatic rings. The Labute approximate surface area is 219 Å². The zero-order valence-corrected chi connectivity index (χ0v) is 22.4. The van der Waals surface area contributed by atoms with Crippen LogP contribution in [0.1, 0.15) is 18.3 Å². The Balaban J connectivity index is 0.00000324. The topological polar surface area (TPSA) is 57.9 Å². The lowest BCUT2D eigenvalue weighted by molar-refractivity contribution is 0.372. The van der Waals surface area contributed by atoms with E-state index in [4.69, 9.17) is 9.73 Å². The van der Waals surface area contributed by atoms with Gasteiger partial charge >= 0.3 is 0 Å². The molecule has 0 atom stereocenters. The Hall–Kier alpha value is -2.75. The van der Waals surface area contributed by atoms with Crippen molar-refractivity contribution < 1.29 is 4.74 Å². The SMILES string of the molecule is CCNC(=NCCc1nccn1Cc1ccccc1)N1CCN(c2ccc(OC)cc2)CC1.I. The van der Waals surface area contributed by atoms with Gasteiger partial charge in [0.05, 0.1) is 7.11 Å². The molecule has 0 unspecified atom stereocenters. The summed E-state index contributed by atoms with van der Waals surface area (Å²) in [4.78, 5) is 14.3. The molecule has 1 aliphatic heterocycles. The molecule has 2 aromatic carbocycles. The molecule has 0 saturated carbocycles. The minimum absolute atomic E-state index is 0. The van der Waals surface area contributed by atoms with Crippen molar-refractivity contribution in [3.8, 4) is 5.75 Å². The van der Waals surface area contributed by atoms with Crippen LogP contribution >= 0.6 is 24.0 Å². The van der Waals surface area contributed by atoms with Gasteiger partial charge in [-0.15, -0.1) is 24.0 Å². The van der Waals surface area contributed by atoms with Crippen LogP contribution in [0.3, 0.4) is 0 Å². The summed E-state index contributed by atoms with van der Waals surface area (Å²) in [5, 5.41) is 3.47. The highest BCUT2D eigenvalue weighted by Crippen LogP contribution is 2.20. The molecule has 4 rings (SSSR count). The van der Waals surface area contributed by atoms with Crippen molar-refractivity contribution in [3.05, 3.63) is 78.4 Å². The van der Waals surface area contributed by atoms with Gasteiger partial charge in [-0.1, -0.05) is 30.3 Å². The molecular weight excluding hydrogens is 539 g/mol. The van der Waals surface area contributed by atoms with E-state index in [0.29, 0.717) is 6.54 Å². The van der Waals surface area contributed by atoms with Crippen LogP contribution in [0.5, 0.6) is 5.75 Å². The second kappa shape index (κ2) is 13.2. The van der Waals surface area contributed by atoms with Crippen LogP contribution in [0.25, 0.3) is 0 Å². The third-order valence-electron chi connectivity index (χ3n) is 5.95. The molecule has 1 aromatic heterocycles. The first kappa shape index (κ1) is 25.9. The van der Waals surface area contributed by atoms with Gasteiger partial charge in [-0.25, -0.2) is 4.98 Å². The third kappa shape index (κ3) is 6.88. The second-order valence-corrected chi connectivity index (χ2v) is 8.11. The Morgan fingerprint density at radius 2 is 1.76 bits per heavy atom. The normalized spacial score (nSPS) is 14.0. The number of hydrogen-bond donors (Lipinski definition) is 1. The van der Waals surface area contributed by atoms with E-state index >= 15 is 0 Å². The van der Waals surface area contributed by atoms with Crippen LogP contribution in [0.4, 0.5) is 5.69 Å². The number of rotatable bonds is 8. The average molecular weight is 575 g/mol. The Kier molecular flexibility index (Phi) is 10.1. The lowest BCUT2D eigenvalue weighted by Crippen LogP contribution is -2.52. The van der Waals surface area contributed by atoms with Crippen LogP contribution in [0, 0.1) is 0 Å². The lowest BCUT2D eigenvalue weighted by Gasteiger charge is -2.37. The van der Waals surface area contributed by atoms with E-state index < -0.39 is 0 Å². The van der Waals surface area contributed by atoms with E-state index in [1.54, 1.807) is 7.11 Å². The molecule has 0 amide bonds. The van der Waals surface area contributed by atoms with Gasteiger partial charge in [-0.3, -0.25) is 4.99 Å². The number of imidazole rings is 1. The van der Waals surface area contributed by atoms with Crippen molar-refractivity contribution in [1.82, 2.24) is 19.8 Å². The number of halogens is 1. The maximum atomic E-state index is 5.28. The highest BCUT2D eigenvalue weighted by atomic mass is 127. The van der Waals surface area contributed by atoms with Crippen molar-refractivity contribution >= 4 is 35.6 Å². The molecule has 0 spiro atoms. The van der Waals surface area contributed by atoms with E-state index in [2.05, 4.69) is 74.2 Å². The summed E-state index contributed by atoms with van der Waals surface area (Å²) < 4.78 is 7.49. The minimum Gasteiger partial charge on any atom is -0.497 e. The highest BCUT2D eigenvalue weighted by molar-refractivity contribution is 14.0. The first-order valence-corrected chi connectivity index (χ1v) is 11.7. The fourth-order valence-electron chi connectivity index (χ4n) is 4.15. The number of aromatic nitrogens is 2. The van der Waals surface area contributed by atoms with Crippen molar-refractivity contribution in [2.75, 3.05) is 51.3 Å². The van der Waals surface area contributed by atoms with E-state index in [-0.39, 0.29) is 24.0 Å². The third-order valence-corrected chi connectivity index (χ3v) is 5.95. The standard InChI is InChI=1S/C26H34N6O.HI/c1-3-27-26(31-19-17-30(18-20-31)23-9-11-24(33-2)12-10-23)29-14-13-25-28-15-16-32(25)21-22-7-5-4-6-8-22;/h4-12,15-16H,3,13-14,17-21H2,1-2H3,(H,27,29);1H. The predicted molar refractivity (Wildman–Crippen MR) is 150 cm³/mol. The van der Waals surface area contributed by atoms with Crippen molar-refractivity contribution in [2.45, 2.75) is 19.9 Å². The summed E-state index contributed by atoms with van der Waals surface area (Å²) in [5.74, 6) is 2.96. The number of hydrogen-bond acceptors (Lipinski definition) is 4. The largest absolute Gasteiger partial charge is 0.497 e. The summed E-state index contributed by atoms with van der Waals surface area (Å²) >= 11 is 0. The van der Waals surface area contributed by atoms with Gasteiger partial charge in [-0.05, 0) is 36.8 Å². The number of nitrogens with zero attached hydrogens (tertiary/aromatic N) is 5. The van der Waals surface area contributed by atoms with E-state index in [1.807, 2.05) is 24.4 Å². The van der Waals surface area contributed by atoms with Crippen molar-refractivity contribution in [1.29, 1.82) is 0 Å². The molecule has 1 aliphatic rings. The summed E-state index contributed by atoms with van der Waals surface area (Å²) in [7, 11) is 1.70. The van der Waals surface area contributed by atoms with Crippen LogP contribution in [0.15, 0.2) is 72.0 Å². The van der Waals surface area contributed by atoms with Crippen LogP contribution in [-0.2, 0) is 13.0 Å². The van der Waals surface area contributed by atoms with Crippen molar-refractivity contribution in [2.24, 2.45) is 4.99 Å². The van der Waals surface area contributed by atoms with E-state index in [0.717, 1.165) is 63.2 Å². The quantitative estimate of drug-likeness (QED) is 0.252. The number of methoxy groups -OCH3 is 1. The molecule has 0 radical (unpaired) electrons. The van der Waals surface area contributed by atoms with Crippen LogP contribution < -0.4 is 15.0 Å². The molecule has 1 saturated heterocycles. The smallest absolute Gasteiger partial charge is 0.194 e. The first-order chi connectivity index (χ1) is 16.3. The minimum atomic E-state index is 0. The molecule has 182 valence electrons. The van der Waals surface area contributed by atoms with Crippen molar-refractivity contribution in [3.63, 3.8) is 0 Å². The lowest BCUT2D eigenvalue weighted by atomic mass is 10.2.